The third-order valence-electron chi connectivity index (χ3n) is 1.33. The average molecular weight is 287 g/mol. The highest BCUT2D eigenvalue weighted by Gasteiger charge is 2.26. The van der Waals surface area contributed by atoms with Crippen molar-refractivity contribution in [3.63, 3.8) is 0 Å². The van der Waals surface area contributed by atoms with Crippen molar-refractivity contribution >= 4 is 25.4 Å². The minimum atomic E-state index is -3.70. The molecule has 8 heteroatoms. The molecule has 0 aliphatic heterocycles. The van der Waals surface area contributed by atoms with E-state index in [1.165, 1.54) is 0 Å². The predicted octanol–water partition coefficient (Wildman–Crippen LogP) is 2.83. The van der Waals surface area contributed by atoms with Crippen molar-refractivity contribution in [3.8, 4) is 0 Å². The van der Waals surface area contributed by atoms with Gasteiger partial charge in [0.05, 0.1) is 19.8 Å². The molecule has 0 saturated carbocycles. The Labute approximate surface area is 105 Å². The second-order valence-electron chi connectivity index (χ2n) is 2.57. The SMILES string of the molecule is CCOC(=O)/C(Cl)=C/OP(=O)(OCC)OCC. The zero-order valence-corrected chi connectivity index (χ0v) is 11.6. The highest BCUT2D eigenvalue weighted by molar-refractivity contribution is 7.48. The van der Waals surface area contributed by atoms with Gasteiger partial charge >= 0.3 is 13.8 Å². The predicted molar refractivity (Wildman–Crippen MR) is 62.5 cm³/mol. The van der Waals surface area contributed by atoms with Gasteiger partial charge in [0.1, 0.15) is 6.26 Å². The van der Waals surface area contributed by atoms with Crippen molar-refractivity contribution in [1.29, 1.82) is 0 Å². The third-order valence-corrected chi connectivity index (χ3v) is 3.09. The molecular formula is C9H16ClO6P. The number of rotatable bonds is 8. The fourth-order valence-electron chi connectivity index (χ4n) is 0.773. The molecule has 0 radical (unpaired) electrons. The molecule has 0 atom stereocenters. The highest BCUT2D eigenvalue weighted by Crippen LogP contribution is 2.49. The molecule has 17 heavy (non-hydrogen) atoms. The number of esters is 1. The summed E-state index contributed by atoms with van der Waals surface area (Å²) < 4.78 is 30.8. The van der Waals surface area contributed by atoms with Crippen LogP contribution in [0.2, 0.25) is 0 Å². The monoisotopic (exact) mass is 286 g/mol. The molecule has 100 valence electrons. The molecule has 0 spiro atoms. The molecule has 0 bridgehead atoms. The van der Waals surface area contributed by atoms with Crippen LogP contribution in [0.5, 0.6) is 0 Å². The lowest BCUT2D eigenvalue weighted by atomic mass is 10.6. The van der Waals surface area contributed by atoms with Crippen molar-refractivity contribution in [2.75, 3.05) is 19.8 Å². The van der Waals surface area contributed by atoms with E-state index >= 15 is 0 Å². The Kier molecular flexibility index (Phi) is 8.25. The van der Waals surface area contributed by atoms with Gasteiger partial charge < -0.3 is 9.26 Å². The van der Waals surface area contributed by atoms with Crippen molar-refractivity contribution in [2.45, 2.75) is 20.8 Å². The number of phosphoric ester groups is 1. The van der Waals surface area contributed by atoms with E-state index in [0.29, 0.717) is 0 Å². The van der Waals surface area contributed by atoms with Crippen molar-refractivity contribution in [3.05, 3.63) is 11.3 Å². The summed E-state index contributed by atoms with van der Waals surface area (Å²) in [4.78, 5) is 11.1. The van der Waals surface area contributed by atoms with E-state index in [0.717, 1.165) is 6.26 Å². The molecule has 0 aliphatic carbocycles. The third kappa shape index (κ3) is 6.68. The van der Waals surface area contributed by atoms with Gasteiger partial charge in [0.2, 0.25) is 0 Å². The minimum Gasteiger partial charge on any atom is -0.462 e. The summed E-state index contributed by atoms with van der Waals surface area (Å²) in [5, 5.41) is -0.341. The maximum Gasteiger partial charge on any atom is 0.529 e. The summed E-state index contributed by atoms with van der Waals surface area (Å²) in [6.07, 6.45) is 0.797. The largest absolute Gasteiger partial charge is 0.529 e. The van der Waals surface area contributed by atoms with Gasteiger partial charge in [0, 0.05) is 0 Å². The summed E-state index contributed by atoms with van der Waals surface area (Å²) in [6.45, 7) is 5.35. The Morgan fingerprint density at radius 3 is 2.12 bits per heavy atom. The van der Waals surface area contributed by atoms with Crippen LogP contribution in [0, 0.1) is 0 Å². The molecule has 0 aliphatic rings. The molecular weight excluding hydrogens is 271 g/mol. The van der Waals surface area contributed by atoms with Gasteiger partial charge in [-0.05, 0) is 20.8 Å². The minimum absolute atomic E-state index is 0.141. The summed E-state index contributed by atoms with van der Waals surface area (Å²) in [5.41, 5.74) is 0. The zero-order valence-electron chi connectivity index (χ0n) is 9.97. The maximum atomic E-state index is 11.8. The van der Waals surface area contributed by atoms with Crippen LogP contribution in [0.25, 0.3) is 0 Å². The van der Waals surface area contributed by atoms with Gasteiger partial charge in [-0.25, -0.2) is 9.36 Å². The Morgan fingerprint density at radius 1 is 1.18 bits per heavy atom. The lowest BCUT2D eigenvalue weighted by Crippen LogP contribution is -2.04. The molecule has 0 rings (SSSR count). The van der Waals surface area contributed by atoms with E-state index in [1.54, 1.807) is 20.8 Å². The fourth-order valence-corrected chi connectivity index (χ4v) is 2.00. The van der Waals surface area contributed by atoms with Crippen LogP contribution in [-0.2, 0) is 27.7 Å². The summed E-state index contributed by atoms with van der Waals surface area (Å²) in [6, 6.07) is 0. The Balaban J connectivity index is 4.52. The maximum absolute atomic E-state index is 11.8. The molecule has 0 unspecified atom stereocenters. The summed E-state index contributed by atoms with van der Waals surface area (Å²) in [7, 11) is -3.70. The van der Waals surface area contributed by atoms with Crippen molar-refractivity contribution in [1.82, 2.24) is 0 Å². The van der Waals surface area contributed by atoms with Crippen LogP contribution < -0.4 is 0 Å². The number of carbonyl (C=O) groups is 1. The van der Waals surface area contributed by atoms with Crippen LogP contribution in [0.3, 0.4) is 0 Å². The smallest absolute Gasteiger partial charge is 0.462 e. The Bertz CT molecular complexity index is 307. The summed E-state index contributed by atoms with van der Waals surface area (Å²) >= 11 is 5.55. The molecule has 0 aromatic heterocycles. The lowest BCUT2D eigenvalue weighted by molar-refractivity contribution is -0.137. The van der Waals surface area contributed by atoms with E-state index in [1.807, 2.05) is 0 Å². The first-order chi connectivity index (χ1) is 7.99. The number of phosphoric acid groups is 1. The van der Waals surface area contributed by atoms with Crippen LogP contribution in [-0.4, -0.2) is 25.8 Å². The van der Waals surface area contributed by atoms with Gasteiger partial charge in [-0.15, -0.1) is 0 Å². The van der Waals surface area contributed by atoms with E-state index in [4.69, 9.17) is 25.2 Å². The van der Waals surface area contributed by atoms with Gasteiger partial charge in [0.25, 0.3) is 0 Å². The molecule has 6 nitrogen and oxygen atoms in total. The highest BCUT2D eigenvalue weighted by atomic mass is 35.5. The van der Waals surface area contributed by atoms with Crippen LogP contribution in [0.4, 0.5) is 0 Å². The van der Waals surface area contributed by atoms with E-state index in [2.05, 4.69) is 4.74 Å². The van der Waals surface area contributed by atoms with Gasteiger partial charge in [-0.1, -0.05) is 11.6 Å². The number of hydrogen-bond acceptors (Lipinski definition) is 6. The number of hydrogen-bond donors (Lipinski definition) is 0. The second-order valence-corrected chi connectivity index (χ2v) is 4.60. The first kappa shape index (κ1) is 16.4. The molecule has 0 heterocycles. The molecule has 0 saturated heterocycles. The van der Waals surface area contributed by atoms with E-state index in [-0.39, 0.29) is 24.9 Å². The lowest BCUT2D eigenvalue weighted by Gasteiger charge is -2.14. The van der Waals surface area contributed by atoms with Gasteiger partial charge in [-0.2, -0.15) is 0 Å². The van der Waals surface area contributed by atoms with Crippen LogP contribution in [0.15, 0.2) is 11.3 Å². The van der Waals surface area contributed by atoms with E-state index < -0.39 is 13.8 Å². The Morgan fingerprint density at radius 2 is 1.71 bits per heavy atom. The zero-order chi connectivity index (χ0) is 13.3. The average Bonchev–Trinajstić information content (AvgIpc) is 2.27. The van der Waals surface area contributed by atoms with Crippen LogP contribution >= 0.6 is 19.4 Å². The number of carbonyl (C=O) groups excluding carboxylic acids is 1. The van der Waals surface area contributed by atoms with Crippen LogP contribution in [0.1, 0.15) is 20.8 Å². The Hall–Kier alpha value is -0.550. The first-order valence-corrected chi connectivity index (χ1v) is 6.93. The van der Waals surface area contributed by atoms with E-state index in [9.17, 15) is 9.36 Å². The van der Waals surface area contributed by atoms with Crippen molar-refractivity contribution in [2.24, 2.45) is 0 Å². The van der Waals surface area contributed by atoms with Gasteiger partial charge in [0.15, 0.2) is 5.03 Å². The molecule has 0 amide bonds. The second kappa shape index (κ2) is 8.53. The summed E-state index contributed by atoms with van der Waals surface area (Å²) in [5.74, 6) is -0.770. The normalized spacial score (nSPS) is 12.4. The molecule has 0 N–H and O–H groups in total. The number of halogens is 1. The van der Waals surface area contributed by atoms with Gasteiger partial charge in [-0.3, -0.25) is 9.05 Å². The quantitative estimate of drug-likeness (QED) is 0.296. The topological polar surface area (TPSA) is 71.1 Å². The molecule has 0 aromatic rings. The number of ether oxygens (including phenoxy) is 1. The molecule has 0 aromatic carbocycles. The van der Waals surface area contributed by atoms with Crippen molar-refractivity contribution < 1.29 is 27.7 Å². The first-order valence-electron chi connectivity index (χ1n) is 5.09. The fraction of sp³-hybridized carbons (Fsp3) is 0.667. The standard InChI is InChI=1S/C9H16ClO6P/c1-4-13-9(11)8(10)7-16-17(12,14-5-2)15-6-3/h7H,4-6H2,1-3H3/b8-7-. The molecule has 0 fully saturated rings.